The van der Waals surface area contributed by atoms with E-state index in [1.807, 2.05) is 0 Å². The zero-order chi connectivity index (χ0) is 20.5. The van der Waals surface area contributed by atoms with E-state index in [0.717, 1.165) is 18.4 Å². The molecule has 1 aromatic carbocycles. The van der Waals surface area contributed by atoms with Crippen LogP contribution in [0.5, 0.6) is 5.75 Å². The van der Waals surface area contributed by atoms with Crippen molar-refractivity contribution in [2.45, 2.75) is 25.3 Å². The third kappa shape index (κ3) is 3.87. The van der Waals surface area contributed by atoms with Gasteiger partial charge >= 0.3 is 0 Å². The number of benzene rings is 1. The molecule has 1 saturated carbocycles. The first kappa shape index (κ1) is 19.0. The maximum absolute atomic E-state index is 14.9. The quantitative estimate of drug-likeness (QED) is 0.622. The van der Waals surface area contributed by atoms with E-state index in [4.69, 9.17) is 14.5 Å². The monoisotopic (exact) mass is 408 g/mol. The molecule has 5 rings (SSSR count). The second-order valence-corrected chi connectivity index (χ2v) is 7.76. The van der Waals surface area contributed by atoms with Gasteiger partial charge in [-0.2, -0.15) is 0 Å². The lowest BCUT2D eigenvalue weighted by Crippen LogP contribution is -2.08. The molecule has 7 nitrogen and oxygen atoms in total. The Morgan fingerprint density at radius 2 is 2.17 bits per heavy atom. The zero-order valence-corrected chi connectivity index (χ0v) is 16.8. The van der Waals surface area contributed by atoms with Crippen LogP contribution in [0.25, 0.3) is 27.5 Å². The summed E-state index contributed by atoms with van der Waals surface area (Å²) in [5, 5.41) is 8.78. The van der Waals surface area contributed by atoms with Gasteiger partial charge in [0.2, 0.25) is 0 Å². The van der Waals surface area contributed by atoms with Crippen molar-refractivity contribution in [3.63, 3.8) is 0 Å². The van der Waals surface area contributed by atoms with Crippen molar-refractivity contribution in [3.8, 4) is 17.0 Å². The van der Waals surface area contributed by atoms with Crippen molar-refractivity contribution in [2.75, 3.05) is 32.2 Å². The summed E-state index contributed by atoms with van der Waals surface area (Å²) in [6.07, 6.45) is 5.03. The van der Waals surface area contributed by atoms with Crippen LogP contribution < -0.4 is 10.1 Å². The summed E-state index contributed by atoms with van der Waals surface area (Å²) in [5.74, 6) is 1.45. The molecule has 3 heterocycles. The number of anilines is 1. The Bertz CT molecular complexity index is 1070. The SMILES string of the molecule is COc1cccc(-c2cc3cnc([N-]C4CCOC4)nc3c(NCC3CC3)n2)c1F. The van der Waals surface area contributed by atoms with Gasteiger partial charge in [0.05, 0.1) is 19.4 Å². The molecule has 1 N–H and O–H groups in total. The molecule has 0 spiro atoms. The molecule has 1 atom stereocenters. The largest absolute Gasteiger partial charge is 0.494 e. The molecule has 0 radical (unpaired) electrons. The van der Waals surface area contributed by atoms with E-state index < -0.39 is 5.82 Å². The van der Waals surface area contributed by atoms with Gasteiger partial charge in [0.15, 0.2) is 11.6 Å². The highest BCUT2D eigenvalue weighted by molar-refractivity contribution is 5.91. The molecule has 1 saturated heterocycles. The zero-order valence-electron chi connectivity index (χ0n) is 16.8. The van der Waals surface area contributed by atoms with Crippen LogP contribution in [0.2, 0.25) is 0 Å². The highest BCUT2D eigenvalue weighted by Gasteiger charge is 2.22. The first-order valence-electron chi connectivity index (χ1n) is 10.2. The summed E-state index contributed by atoms with van der Waals surface area (Å²) in [6.45, 7) is 2.13. The molecule has 2 aromatic heterocycles. The number of ether oxygens (including phenoxy) is 2. The molecular weight excluding hydrogens is 385 g/mol. The second kappa shape index (κ2) is 8.02. The standard InChI is InChI=1S/C22H23FN5O2/c1-29-18-4-2-3-16(19(18)23)17-9-14-11-25-22(26-15-7-8-30-12-15)28-20(14)21(27-17)24-10-13-5-6-13/h2-4,9,11,13,15H,5-8,10,12H2,1H3,(H-,24,25,26,27,28)/q-1. The van der Waals surface area contributed by atoms with Crippen LogP contribution in [-0.2, 0) is 4.74 Å². The lowest BCUT2D eigenvalue weighted by Gasteiger charge is -2.20. The summed E-state index contributed by atoms with van der Waals surface area (Å²) < 4.78 is 25.4. The minimum atomic E-state index is -0.436. The average Bonchev–Trinajstić information content (AvgIpc) is 3.46. The molecule has 1 aliphatic carbocycles. The molecule has 0 bridgehead atoms. The van der Waals surface area contributed by atoms with E-state index in [1.54, 1.807) is 30.5 Å². The van der Waals surface area contributed by atoms with Crippen molar-refractivity contribution in [1.29, 1.82) is 0 Å². The molecule has 0 amide bonds. The summed E-state index contributed by atoms with van der Waals surface area (Å²) in [6, 6.07) is 6.93. The van der Waals surface area contributed by atoms with Crippen molar-refractivity contribution in [3.05, 3.63) is 41.6 Å². The maximum atomic E-state index is 14.9. The first-order valence-corrected chi connectivity index (χ1v) is 10.2. The van der Waals surface area contributed by atoms with Gasteiger partial charge in [0, 0.05) is 36.2 Å². The molecular formula is C22H23FN5O2-. The smallest absolute Gasteiger partial charge is 0.174 e. The Morgan fingerprint density at radius 1 is 1.27 bits per heavy atom. The van der Waals surface area contributed by atoms with Crippen LogP contribution in [0.3, 0.4) is 0 Å². The van der Waals surface area contributed by atoms with E-state index in [-0.39, 0.29) is 11.8 Å². The van der Waals surface area contributed by atoms with Gasteiger partial charge in [0.1, 0.15) is 5.82 Å². The van der Waals surface area contributed by atoms with Gasteiger partial charge in [-0.25, -0.2) is 9.37 Å². The second-order valence-electron chi connectivity index (χ2n) is 7.76. The lowest BCUT2D eigenvalue weighted by molar-refractivity contribution is 0.196. The highest BCUT2D eigenvalue weighted by atomic mass is 19.1. The van der Waals surface area contributed by atoms with E-state index in [1.165, 1.54) is 20.0 Å². The summed E-state index contributed by atoms with van der Waals surface area (Å²) in [4.78, 5) is 13.8. The van der Waals surface area contributed by atoms with Crippen molar-refractivity contribution < 1.29 is 13.9 Å². The molecule has 30 heavy (non-hydrogen) atoms. The van der Waals surface area contributed by atoms with E-state index in [0.29, 0.717) is 47.7 Å². The Hall–Kier alpha value is -3.00. The Balaban J connectivity index is 1.55. The van der Waals surface area contributed by atoms with Crippen LogP contribution in [0.15, 0.2) is 30.5 Å². The molecule has 2 aliphatic rings. The Kier molecular flexibility index (Phi) is 5.08. The number of aromatic nitrogens is 3. The Morgan fingerprint density at radius 3 is 2.93 bits per heavy atom. The van der Waals surface area contributed by atoms with E-state index in [9.17, 15) is 4.39 Å². The fraction of sp³-hybridized carbons (Fsp3) is 0.409. The number of halogens is 1. The third-order valence-electron chi connectivity index (χ3n) is 5.47. The van der Waals surface area contributed by atoms with Gasteiger partial charge in [-0.05, 0) is 55.0 Å². The van der Waals surface area contributed by atoms with Crippen LogP contribution in [0.1, 0.15) is 19.3 Å². The van der Waals surface area contributed by atoms with Gasteiger partial charge < -0.3 is 30.1 Å². The number of nitrogens with zero attached hydrogens (tertiary/aromatic N) is 4. The number of hydrogen-bond acceptors (Lipinski definition) is 6. The van der Waals surface area contributed by atoms with E-state index >= 15 is 0 Å². The van der Waals surface area contributed by atoms with Crippen LogP contribution in [0.4, 0.5) is 16.2 Å². The molecule has 1 unspecified atom stereocenters. The number of nitrogens with one attached hydrogen (secondary N) is 1. The predicted molar refractivity (Wildman–Crippen MR) is 113 cm³/mol. The number of hydrogen-bond donors (Lipinski definition) is 1. The molecule has 8 heteroatoms. The van der Waals surface area contributed by atoms with Crippen molar-refractivity contribution in [2.24, 2.45) is 5.92 Å². The van der Waals surface area contributed by atoms with Crippen LogP contribution >= 0.6 is 0 Å². The first-order chi connectivity index (χ1) is 14.7. The number of pyridine rings is 1. The van der Waals surface area contributed by atoms with Gasteiger partial charge in [-0.3, -0.25) is 0 Å². The van der Waals surface area contributed by atoms with Gasteiger partial charge in [-0.15, -0.1) is 0 Å². The van der Waals surface area contributed by atoms with E-state index in [2.05, 4.69) is 20.6 Å². The molecule has 2 fully saturated rings. The minimum Gasteiger partial charge on any atom is -0.494 e. The molecule has 3 aromatic rings. The number of rotatable bonds is 7. The highest BCUT2D eigenvalue weighted by Crippen LogP contribution is 2.34. The summed E-state index contributed by atoms with van der Waals surface area (Å²) in [7, 11) is 1.45. The van der Waals surface area contributed by atoms with Crippen LogP contribution in [-0.4, -0.2) is 47.9 Å². The number of methoxy groups -OCH3 is 1. The predicted octanol–water partition coefficient (Wildman–Crippen LogP) is 4.46. The molecule has 156 valence electrons. The fourth-order valence-corrected chi connectivity index (χ4v) is 3.57. The Labute approximate surface area is 174 Å². The summed E-state index contributed by atoms with van der Waals surface area (Å²) >= 11 is 0. The van der Waals surface area contributed by atoms with Crippen LogP contribution in [0, 0.1) is 11.7 Å². The average molecular weight is 408 g/mol. The molecule has 1 aliphatic heterocycles. The third-order valence-corrected chi connectivity index (χ3v) is 5.47. The van der Waals surface area contributed by atoms with Crippen molar-refractivity contribution >= 4 is 22.7 Å². The normalized spacial score (nSPS) is 18.5. The van der Waals surface area contributed by atoms with Gasteiger partial charge in [-0.1, -0.05) is 6.07 Å². The fourth-order valence-electron chi connectivity index (χ4n) is 3.57. The maximum Gasteiger partial charge on any atom is 0.174 e. The topological polar surface area (TPSA) is 83.3 Å². The minimum absolute atomic E-state index is 0.0865. The van der Waals surface area contributed by atoms with Gasteiger partial charge in [0.25, 0.3) is 0 Å². The lowest BCUT2D eigenvalue weighted by atomic mass is 10.1. The number of fused-ring (bicyclic) bond motifs is 1. The summed E-state index contributed by atoms with van der Waals surface area (Å²) in [5.41, 5.74) is 1.58. The van der Waals surface area contributed by atoms with Crippen molar-refractivity contribution in [1.82, 2.24) is 15.0 Å².